The summed E-state index contributed by atoms with van der Waals surface area (Å²) in [6, 6.07) is 41.8. The third-order valence-electron chi connectivity index (χ3n) is 11.2. The first-order chi connectivity index (χ1) is 22.7. The number of hydrogen-bond donors (Lipinski definition) is 0. The second-order valence-corrected chi connectivity index (χ2v) is 13.7. The van der Waals surface area contributed by atoms with Crippen molar-refractivity contribution in [2.75, 3.05) is 0 Å². The van der Waals surface area contributed by atoms with Crippen molar-refractivity contribution in [3.05, 3.63) is 133 Å². The zero-order chi connectivity index (χ0) is 30.8. The van der Waals surface area contributed by atoms with E-state index in [2.05, 4.69) is 150 Å². The van der Waals surface area contributed by atoms with Crippen LogP contribution in [0.4, 0.5) is 0 Å². The van der Waals surface area contributed by atoms with E-state index >= 15 is 0 Å². The molecule has 226 valence electrons. The van der Waals surface area contributed by atoms with Crippen molar-refractivity contribution in [2.24, 2.45) is 11.8 Å². The third-order valence-corrected chi connectivity index (χ3v) is 11.2. The SMILES string of the molecule is CC1CCCC(n2c3ccccc3c3ccc(-c4ccc5c6ccccc6n(-c6ccc(C7=CC=CCC7)cc6)c5c4)cc32)[C@@H]1C. The van der Waals surface area contributed by atoms with Crippen molar-refractivity contribution < 1.29 is 0 Å². The molecule has 46 heavy (non-hydrogen) atoms. The number of nitrogens with zero attached hydrogens (tertiary/aromatic N) is 2. The Hall–Kier alpha value is -4.82. The Morgan fingerprint density at radius 2 is 1.22 bits per heavy atom. The first-order valence-electron chi connectivity index (χ1n) is 17.2. The molecule has 2 nitrogen and oxygen atoms in total. The third kappa shape index (κ3) is 4.31. The van der Waals surface area contributed by atoms with Gasteiger partial charge in [-0.25, -0.2) is 0 Å². The number of rotatable bonds is 4. The van der Waals surface area contributed by atoms with Gasteiger partial charge < -0.3 is 9.13 Å². The highest BCUT2D eigenvalue weighted by atomic mass is 15.0. The van der Waals surface area contributed by atoms with Crippen molar-refractivity contribution in [3.63, 3.8) is 0 Å². The summed E-state index contributed by atoms with van der Waals surface area (Å²) in [5, 5.41) is 5.32. The number of fused-ring (bicyclic) bond motifs is 6. The maximum absolute atomic E-state index is 2.70. The minimum atomic E-state index is 0.523. The molecule has 2 aromatic heterocycles. The van der Waals surface area contributed by atoms with Crippen LogP contribution in [0.2, 0.25) is 0 Å². The summed E-state index contributed by atoms with van der Waals surface area (Å²) >= 11 is 0. The molecule has 0 saturated heterocycles. The molecule has 0 amide bonds. The molecule has 2 aliphatic rings. The van der Waals surface area contributed by atoms with E-state index in [1.54, 1.807) is 0 Å². The molecule has 2 aliphatic carbocycles. The number of allylic oxidation sites excluding steroid dienone is 4. The van der Waals surface area contributed by atoms with Crippen molar-refractivity contribution in [3.8, 4) is 16.8 Å². The summed E-state index contributed by atoms with van der Waals surface area (Å²) in [6.45, 7) is 4.92. The normalized spacial score (nSPS) is 20.2. The van der Waals surface area contributed by atoms with E-state index in [1.165, 1.54) is 90.8 Å². The molecule has 2 unspecified atom stereocenters. The molecular weight excluding hydrogens is 556 g/mol. The Kier molecular flexibility index (Phi) is 6.52. The lowest BCUT2D eigenvalue weighted by Gasteiger charge is -2.36. The van der Waals surface area contributed by atoms with E-state index in [9.17, 15) is 0 Å². The summed E-state index contributed by atoms with van der Waals surface area (Å²) in [7, 11) is 0. The molecule has 0 bridgehead atoms. The Morgan fingerprint density at radius 3 is 1.96 bits per heavy atom. The number of benzene rings is 5. The molecule has 0 aliphatic heterocycles. The fourth-order valence-electron chi connectivity index (χ4n) is 8.55. The van der Waals surface area contributed by atoms with Gasteiger partial charge >= 0.3 is 0 Å². The highest BCUT2D eigenvalue weighted by Crippen LogP contribution is 2.44. The van der Waals surface area contributed by atoms with Crippen molar-refractivity contribution in [1.82, 2.24) is 9.13 Å². The van der Waals surface area contributed by atoms with Crippen LogP contribution in [0.1, 0.15) is 57.6 Å². The number of aromatic nitrogens is 2. The van der Waals surface area contributed by atoms with Gasteiger partial charge in [0.2, 0.25) is 0 Å². The molecule has 2 heterocycles. The smallest absolute Gasteiger partial charge is 0.0547 e. The summed E-state index contributed by atoms with van der Waals surface area (Å²) in [4.78, 5) is 0. The summed E-state index contributed by atoms with van der Waals surface area (Å²) in [6.07, 6.45) is 12.8. The van der Waals surface area contributed by atoms with Gasteiger partial charge in [-0.3, -0.25) is 0 Å². The molecule has 0 radical (unpaired) electrons. The lowest BCUT2D eigenvalue weighted by Crippen LogP contribution is -2.26. The zero-order valence-corrected chi connectivity index (χ0v) is 26.8. The Morgan fingerprint density at radius 1 is 0.587 bits per heavy atom. The van der Waals surface area contributed by atoms with Gasteiger partial charge in [0.25, 0.3) is 0 Å². The predicted molar refractivity (Wildman–Crippen MR) is 197 cm³/mol. The van der Waals surface area contributed by atoms with Crippen LogP contribution in [0.15, 0.2) is 127 Å². The largest absolute Gasteiger partial charge is 0.337 e. The molecule has 0 N–H and O–H groups in total. The van der Waals surface area contributed by atoms with Gasteiger partial charge in [0.05, 0.1) is 11.0 Å². The van der Waals surface area contributed by atoms with Gasteiger partial charge in [-0.05, 0) is 89.8 Å². The standard InChI is InChI=1S/C44H40N2/c1-29-11-10-18-40(30(29)2)46-42-17-9-7-15-37(42)39-26-22-34(28-44(39)46)33-21-25-38-36-14-6-8-16-41(36)45(43(38)27-33)35-23-19-32(20-24-35)31-12-4-3-5-13-31/h3-4,6-9,12,14-17,19-30,40H,5,10-11,13,18H2,1-2H3/t29?,30-,40?/m1/s1. The monoisotopic (exact) mass is 596 g/mol. The quantitative estimate of drug-likeness (QED) is 0.191. The molecule has 0 spiro atoms. The van der Waals surface area contributed by atoms with Gasteiger partial charge in [0.1, 0.15) is 0 Å². The molecule has 1 saturated carbocycles. The van der Waals surface area contributed by atoms with Crippen LogP contribution in [-0.2, 0) is 0 Å². The molecular formula is C44H40N2. The Labute approximate surface area is 271 Å². The van der Waals surface area contributed by atoms with Crippen LogP contribution in [0.3, 0.4) is 0 Å². The Balaban J connectivity index is 1.21. The molecule has 3 atom stereocenters. The fourth-order valence-corrected chi connectivity index (χ4v) is 8.55. The minimum Gasteiger partial charge on any atom is -0.337 e. The lowest BCUT2D eigenvalue weighted by atomic mass is 9.78. The van der Waals surface area contributed by atoms with E-state index in [0.717, 1.165) is 18.8 Å². The van der Waals surface area contributed by atoms with Crippen LogP contribution < -0.4 is 0 Å². The van der Waals surface area contributed by atoms with Gasteiger partial charge in [-0.15, -0.1) is 0 Å². The molecule has 1 fully saturated rings. The predicted octanol–water partition coefficient (Wildman–Crippen LogP) is 12.3. The average molecular weight is 597 g/mol. The minimum absolute atomic E-state index is 0.523. The number of hydrogen-bond acceptors (Lipinski definition) is 0. The topological polar surface area (TPSA) is 9.86 Å². The maximum atomic E-state index is 2.70. The lowest BCUT2D eigenvalue weighted by molar-refractivity contribution is 0.193. The van der Waals surface area contributed by atoms with Crippen LogP contribution >= 0.6 is 0 Å². The average Bonchev–Trinajstić information content (AvgIpc) is 3.62. The molecule has 7 aromatic rings. The fraction of sp³-hybridized carbons (Fsp3) is 0.227. The van der Waals surface area contributed by atoms with Crippen LogP contribution in [0, 0.1) is 11.8 Å². The van der Waals surface area contributed by atoms with E-state index in [1.807, 2.05) is 0 Å². The molecule has 5 aromatic carbocycles. The molecule has 9 rings (SSSR count). The summed E-state index contributed by atoms with van der Waals surface area (Å²) in [5.74, 6) is 1.40. The number of para-hydroxylation sites is 2. The molecule has 2 heteroatoms. The summed E-state index contributed by atoms with van der Waals surface area (Å²) < 4.78 is 5.15. The van der Waals surface area contributed by atoms with Crippen LogP contribution in [-0.4, -0.2) is 9.13 Å². The second kappa shape index (κ2) is 10.9. The van der Waals surface area contributed by atoms with Gasteiger partial charge in [-0.2, -0.15) is 0 Å². The van der Waals surface area contributed by atoms with E-state index in [4.69, 9.17) is 0 Å². The first kappa shape index (κ1) is 27.5. The second-order valence-electron chi connectivity index (χ2n) is 13.7. The van der Waals surface area contributed by atoms with Gasteiger partial charge in [0.15, 0.2) is 0 Å². The van der Waals surface area contributed by atoms with Crippen molar-refractivity contribution in [1.29, 1.82) is 0 Å². The highest BCUT2D eigenvalue weighted by molar-refractivity contribution is 6.11. The highest BCUT2D eigenvalue weighted by Gasteiger charge is 2.30. The Bertz CT molecular complexity index is 2320. The zero-order valence-electron chi connectivity index (χ0n) is 26.8. The summed E-state index contributed by atoms with van der Waals surface area (Å²) in [5.41, 5.74) is 11.7. The van der Waals surface area contributed by atoms with Crippen molar-refractivity contribution in [2.45, 2.75) is 52.0 Å². The van der Waals surface area contributed by atoms with Crippen molar-refractivity contribution >= 4 is 49.2 Å². The van der Waals surface area contributed by atoms with E-state index in [-0.39, 0.29) is 0 Å². The van der Waals surface area contributed by atoms with E-state index < -0.39 is 0 Å². The maximum Gasteiger partial charge on any atom is 0.0547 e. The van der Waals surface area contributed by atoms with Crippen LogP contribution in [0.5, 0.6) is 0 Å². The van der Waals surface area contributed by atoms with Gasteiger partial charge in [0, 0.05) is 44.3 Å². The first-order valence-corrected chi connectivity index (χ1v) is 17.2. The van der Waals surface area contributed by atoms with Gasteiger partial charge in [-0.1, -0.05) is 118 Å². The van der Waals surface area contributed by atoms with E-state index in [0.29, 0.717) is 12.0 Å². The van der Waals surface area contributed by atoms with Crippen LogP contribution in [0.25, 0.3) is 66.0 Å².